The molecular formula is C14H19N3O3S. The quantitative estimate of drug-likeness (QED) is 0.661. The lowest BCUT2D eigenvalue weighted by atomic mass is 10.2. The molecule has 1 fully saturated rings. The van der Waals surface area contributed by atoms with Crippen molar-refractivity contribution in [1.29, 1.82) is 0 Å². The van der Waals surface area contributed by atoms with Crippen molar-refractivity contribution in [2.24, 2.45) is 0 Å². The molecular weight excluding hydrogens is 290 g/mol. The van der Waals surface area contributed by atoms with Gasteiger partial charge in [-0.05, 0) is 13.3 Å². The summed E-state index contributed by atoms with van der Waals surface area (Å²) in [6.45, 7) is 7.17. The average molecular weight is 309 g/mol. The van der Waals surface area contributed by atoms with Crippen LogP contribution in [0.3, 0.4) is 0 Å². The van der Waals surface area contributed by atoms with E-state index in [-0.39, 0.29) is 23.1 Å². The molecule has 7 heteroatoms. The lowest BCUT2D eigenvalue weighted by molar-refractivity contribution is -0.131. The zero-order valence-corrected chi connectivity index (χ0v) is 13.2. The van der Waals surface area contributed by atoms with Gasteiger partial charge in [-0.3, -0.25) is 4.79 Å². The van der Waals surface area contributed by atoms with Crippen LogP contribution in [0.25, 0.3) is 0 Å². The molecule has 1 aromatic heterocycles. The van der Waals surface area contributed by atoms with Gasteiger partial charge < -0.3 is 10.0 Å². The molecule has 1 saturated heterocycles. The molecule has 2 heterocycles. The largest absolute Gasteiger partial charge is 0.478 e. The molecule has 0 saturated carbocycles. The van der Waals surface area contributed by atoms with Gasteiger partial charge in [0.25, 0.3) is 0 Å². The zero-order chi connectivity index (χ0) is 15.6. The van der Waals surface area contributed by atoms with E-state index in [0.717, 1.165) is 19.5 Å². The summed E-state index contributed by atoms with van der Waals surface area (Å²) in [5.41, 5.74) is 0.543. The molecule has 6 nitrogen and oxygen atoms in total. The number of aromatic carboxylic acids is 1. The summed E-state index contributed by atoms with van der Waals surface area (Å²) >= 11 is 1.18. The van der Waals surface area contributed by atoms with Crippen LogP contribution in [0, 0.1) is 6.92 Å². The van der Waals surface area contributed by atoms with Crippen LogP contribution in [0.4, 0.5) is 0 Å². The molecule has 1 aliphatic rings. The van der Waals surface area contributed by atoms with E-state index in [2.05, 4.69) is 9.97 Å². The number of nitrogens with zero attached hydrogens (tertiary/aromatic N) is 3. The van der Waals surface area contributed by atoms with Crippen molar-refractivity contribution >= 4 is 23.6 Å². The molecule has 0 spiro atoms. The molecule has 1 aliphatic heterocycles. The zero-order valence-electron chi connectivity index (χ0n) is 12.4. The minimum atomic E-state index is -1.05. The fraction of sp³-hybridized carbons (Fsp3) is 0.571. The third kappa shape index (κ3) is 3.53. The van der Waals surface area contributed by atoms with Crippen LogP contribution in [0.2, 0.25) is 0 Å². The highest BCUT2D eigenvalue weighted by Gasteiger charge is 2.23. The second-order valence-electron chi connectivity index (χ2n) is 5.33. The van der Waals surface area contributed by atoms with Crippen LogP contribution < -0.4 is 0 Å². The summed E-state index contributed by atoms with van der Waals surface area (Å²) < 4.78 is 0. The number of amides is 1. The van der Waals surface area contributed by atoms with Crippen LogP contribution in [-0.4, -0.2) is 50.7 Å². The number of thioether (sulfide) groups is 1. The molecule has 0 atom stereocenters. The molecule has 1 aromatic rings. The Balaban J connectivity index is 2.22. The van der Waals surface area contributed by atoms with Crippen LogP contribution in [-0.2, 0) is 4.79 Å². The Labute approximate surface area is 128 Å². The first-order chi connectivity index (χ1) is 9.90. The van der Waals surface area contributed by atoms with Crippen LogP contribution in [0.1, 0.15) is 48.1 Å². The second-order valence-corrected chi connectivity index (χ2v) is 6.29. The Morgan fingerprint density at radius 1 is 1.33 bits per heavy atom. The van der Waals surface area contributed by atoms with Gasteiger partial charge in [0.15, 0.2) is 0 Å². The predicted octanol–water partition coefficient (Wildman–Crippen LogP) is 1.93. The Morgan fingerprint density at radius 2 is 2.00 bits per heavy atom. The van der Waals surface area contributed by atoms with Crippen LogP contribution in [0.5, 0.6) is 0 Å². The third-order valence-electron chi connectivity index (χ3n) is 3.35. The van der Waals surface area contributed by atoms with Gasteiger partial charge in [-0.1, -0.05) is 25.6 Å². The number of likely N-dealkylation sites (tertiary alicyclic amines) is 1. The minimum Gasteiger partial charge on any atom is -0.478 e. The number of aryl methyl sites for hydroxylation is 1. The van der Waals surface area contributed by atoms with Crippen molar-refractivity contribution in [2.75, 3.05) is 18.8 Å². The minimum absolute atomic E-state index is 0.0324. The van der Waals surface area contributed by atoms with Crippen molar-refractivity contribution in [3.8, 4) is 0 Å². The fourth-order valence-corrected chi connectivity index (χ4v) is 2.94. The Hall–Kier alpha value is -1.63. The van der Waals surface area contributed by atoms with Crippen molar-refractivity contribution in [2.45, 2.75) is 38.1 Å². The van der Waals surface area contributed by atoms with Crippen molar-refractivity contribution in [3.05, 3.63) is 17.1 Å². The molecule has 1 N–H and O–H groups in total. The highest BCUT2D eigenvalue weighted by atomic mass is 32.2. The van der Waals surface area contributed by atoms with E-state index in [4.69, 9.17) is 0 Å². The van der Waals surface area contributed by atoms with Gasteiger partial charge in [-0.15, -0.1) is 0 Å². The maximum absolute atomic E-state index is 11.9. The van der Waals surface area contributed by atoms with Gasteiger partial charge >= 0.3 is 5.97 Å². The van der Waals surface area contributed by atoms with Crippen molar-refractivity contribution in [1.82, 2.24) is 14.9 Å². The molecule has 0 radical (unpaired) electrons. The summed E-state index contributed by atoms with van der Waals surface area (Å²) in [4.78, 5) is 33.6. The molecule has 1 amide bonds. The molecule has 0 unspecified atom stereocenters. The summed E-state index contributed by atoms with van der Waals surface area (Å²) in [5.74, 6) is -0.0890. The summed E-state index contributed by atoms with van der Waals surface area (Å²) in [6.07, 6.45) is 1.04. The number of hydrogen-bond donors (Lipinski definition) is 1. The molecule has 0 aliphatic carbocycles. The van der Waals surface area contributed by atoms with E-state index in [1.807, 2.05) is 13.8 Å². The first kappa shape index (κ1) is 15.8. The molecule has 114 valence electrons. The number of carboxylic acid groups (broad SMARTS) is 1. The maximum Gasteiger partial charge on any atom is 0.340 e. The number of carbonyl (C=O) groups is 2. The first-order valence-corrected chi connectivity index (χ1v) is 7.91. The number of carbonyl (C=O) groups excluding carboxylic acids is 1. The second kappa shape index (κ2) is 6.43. The van der Waals surface area contributed by atoms with Gasteiger partial charge in [0.05, 0.1) is 11.4 Å². The van der Waals surface area contributed by atoms with E-state index in [1.54, 1.807) is 11.8 Å². The van der Waals surface area contributed by atoms with Crippen molar-refractivity contribution in [3.63, 3.8) is 0 Å². The lowest BCUT2D eigenvalue weighted by Gasteiger charge is -2.30. The number of carboxylic acids is 1. The molecule has 21 heavy (non-hydrogen) atoms. The number of hydrogen-bond acceptors (Lipinski definition) is 5. The van der Waals surface area contributed by atoms with Crippen LogP contribution >= 0.6 is 11.8 Å². The van der Waals surface area contributed by atoms with E-state index in [0.29, 0.717) is 16.5 Å². The Morgan fingerprint density at radius 3 is 2.48 bits per heavy atom. The van der Waals surface area contributed by atoms with Gasteiger partial charge in [0.1, 0.15) is 16.4 Å². The van der Waals surface area contributed by atoms with Gasteiger partial charge in [0, 0.05) is 19.0 Å². The highest BCUT2D eigenvalue weighted by molar-refractivity contribution is 8.00. The predicted molar refractivity (Wildman–Crippen MR) is 79.7 cm³/mol. The van der Waals surface area contributed by atoms with Crippen molar-refractivity contribution < 1.29 is 14.7 Å². The fourth-order valence-electron chi connectivity index (χ4n) is 1.96. The third-order valence-corrected chi connectivity index (χ3v) is 4.31. The standard InChI is InChI=1S/C14H19N3O3S/c1-8(2)12-15-9(3)11(14(19)20)13(16-12)21-7-10(18)17-5-4-6-17/h8H,4-7H2,1-3H3,(H,19,20). The van der Waals surface area contributed by atoms with E-state index in [1.165, 1.54) is 11.8 Å². The number of aromatic nitrogens is 2. The first-order valence-electron chi connectivity index (χ1n) is 6.92. The van der Waals surface area contributed by atoms with E-state index >= 15 is 0 Å². The normalized spacial score (nSPS) is 14.2. The lowest BCUT2D eigenvalue weighted by Crippen LogP contribution is -2.43. The summed E-state index contributed by atoms with van der Waals surface area (Å²) in [7, 11) is 0. The molecule has 2 rings (SSSR count). The maximum atomic E-state index is 11.9. The van der Waals surface area contributed by atoms with E-state index in [9.17, 15) is 14.7 Å². The molecule has 0 aromatic carbocycles. The SMILES string of the molecule is Cc1nc(C(C)C)nc(SCC(=O)N2CCC2)c1C(=O)O. The topological polar surface area (TPSA) is 83.4 Å². The highest BCUT2D eigenvalue weighted by Crippen LogP contribution is 2.25. The molecule has 0 bridgehead atoms. The summed E-state index contributed by atoms with van der Waals surface area (Å²) in [5, 5.41) is 9.70. The van der Waals surface area contributed by atoms with E-state index < -0.39 is 5.97 Å². The van der Waals surface area contributed by atoms with Gasteiger partial charge in [0.2, 0.25) is 5.91 Å². The van der Waals surface area contributed by atoms with Gasteiger partial charge in [-0.25, -0.2) is 14.8 Å². The Bertz CT molecular complexity index is 571. The monoisotopic (exact) mass is 309 g/mol. The number of rotatable bonds is 5. The Kier molecular flexibility index (Phi) is 4.82. The van der Waals surface area contributed by atoms with Gasteiger partial charge in [-0.2, -0.15) is 0 Å². The average Bonchev–Trinajstić information content (AvgIpc) is 2.32. The smallest absolute Gasteiger partial charge is 0.340 e. The van der Waals surface area contributed by atoms with Crippen LogP contribution in [0.15, 0.2) is 5.03 Å². The summed E-state index contributed by atoms with van der Waals surface area (Å²) in [6, 6.07) is 0.